The molecule has 1 aromatic carbocycles. The van der Waals surface area contributed by atoms with Gasteiger partial charge >= 0.3 is 12.1 Å². The Morgan fingerprint density at radius 3 is 2.03 bits per heavy atom. The van der Waals surface area contributed by atoms with Gasteiger partial charge in [0.1, 0.15) is 23.7 Å². The number of carbonyl (C=O) groups is 4. The van der Waals surface area contributed by atoms with Gasteiger partial charge in [-0.1, -0.05) is 44.2 Å². The smallest absolute Gasteiger partial charge is 0.408 e. The van der Waals surface area contributed by atoms with Crippen LogP contribution in [-0.4, -0.2) is 73.0 Å². The van der Waals surface area contributed by atoms with Crippen molar-refractivity contribution < 1.29 is 38.5 Å². The Balaban J connectivity index is 2.90. The molecule has 0 fully saturated rings. The molecule has 0 bridgehead atoms. The predicted octanol–water partition coefficient (Wildman–Crippen LogP) is 1.28. The van der Waals surface area contributed by atoms with Crippen LogP contribution in [0, 0.1) is 5.92 Å². The van der Waals surface area contributed by atoms with Crippen LogP contribution in [0.5, 0.6) is 0 Å². The Bertz CT molecular complexity index is 855. The Hall–Kier alpha value is -3.18. The number of benzene rings is 1. The van der Waals surface area contributed by atoms with Crippen molar-refractivity contribution in [2.45, 2.75) is 71.4 Å². The lowest BCUT2D eigenvalue weighted by Crippen LogP contribution is -2.58. The van der Waals surface area contributed by atoms with Crippen molar-refractivity contribution in [2.75, 3.05) is 20.3 Å². The van der Waals surface area contributed by atoms with Crippen LogP contribution in [-0.2, 0) is 35.2 Å². The van der Waals surface area contributed by atoms with Crippen LogP contribution in [0.15, 0.2) is 30.3 Å². The summed E-state index contributed by atoms with van der Waals surface area (Å²) in [5.41, 5.74) is 0.0589. The summed E-state index contributed by atoms with van der Waals surface area (Å²) in [6, 6.07) is 5.68. The van der Waals surface area contributed by atoms with Crippen molar-refractivity contribution >= 4 is 23.9 Å². The summed E-state index contributed by atoms with van der Waals surface area (Å²) in [5, 5.41) is 17.1. The van der Waals surface area contributed by atoms with Crippen molar-refractivity contribution in [2.24, 2.45) is 5.92 Å². The topological polar surface area (TPSA) is 152 Å². The number of rotatable bonds is 13. The zero-order valence-corrected chi connectivity index (χ0v) is 21.8. The summed E-state index contributed by atoms with van der Waals surface area (Å²) in [6.45, 7) is 7.98. The van der Waals surface area contributed by atoms with Gasteiger partial charge in [-0.05, 0) is 38.7 Å². The molecule has 11 heteroatoms. The molecule has 0 aromatic heterocycles. The normalized spacial score (nSPS) is 13.8. The molecule has 0 heterocycles. The van der Waals surface area contributed by atoms with Gasteiger partial charge in [0.2, 0.25) is 11.8 Å². The van der Waals surface area contributed by atoms with E-state index in [0.717, 1.165) is 5.56 Å². The third-order valence-electron chi connectivity index (χ3n) is 4.73. The van der Waals surface area contributed by atoms with E-state index in [1.54, 1.807) is 20.8 Å². The number of hydrogen-bond donors (Lipinski definition) is 4. The van der Waals surface area contributed by atoms with Crippen molar-refractivity contribution in [1.82, 2.24) is 16.0 Å². The molecule has 202 valence electrons. The van der Waals surface area contributed by atoms with Crippen LogP contribution in [0.1, 0.15) is 46.6 Å². The largest absolute Gasteiger partial charge is 0.467 e. The van der Waals surface area contributed by atoms with Gasteiger partial charge in [-0.25, -0.2) is 9.59 Å². The van der Waals surface area contributed by atoms with E-state index in [1.165, 1.54) is 7.11 Å². The monoisotopic (exact) mass is 509 g/mol. The fourth-order valence-corrected chi connectivity index (χ4v) is 3.07. The molecule has 0 saturated heterocycles. The van der Waals surface area contributed by atoms with Crippen LogP contribution < -0.4 is 16.0 Å². The standard InChI is InChI=1S/C25H39N3O8/c1-16(2)12-18(23(32)34-6)26-21(30)19(13-29)27-22(31)20(28-24(33)36-25(3,4)5)15-35-14-17-10-8-7-9-11-17/h7-11,16,18-20,29H,12-15H2,1-6H3,(H,26,30)(H,27,31)(H,28,33)/t18-,19-,20-/m0/s1. The van der Waals surface area contributed by atoms with Crippen LogP contribution in [0.3, 0.4) is 0 Å². The van der Waals surface area contributed by atoms with E-state index in [0.29, 0.717) is 6.42 Å². The van der Waals surface area contributed by atoms with Gasteiger partial charge in [-0.2, -0.15) is 0 Å². The van der Waals surface area contributed by atoms with Gasteiger partial charge in [0, 0.05) is 0 Å². The molecule has 3 amide bonds. The second-order valence-corrected chi connectivity index (χ2v) is 9.66. The van der Waals surface area contributed by atoms with E-state index in [9.17, 15) is 24.3 Å². The average molecular weight is 510 g/mol. The maximum Gasteiger partial charge on any atom is 0.408 e. The number of methoxy groups -OCH3 is 1. The van der Waals surface area contributed by atoms with Crippen LogP contribution >= 0.6 is 0 Å². The van der Waals surface area contributed by atoms with Gasteiger partial charge < -0.3 is 35.3 Å². The van der Waals surface area contributed by atoms with Gasteiger partial charge in [-0.3, -0.25) is 9.59 Å². The summed E-state index contributed by atoms with van der Waals surface area (Å²) in [4.78, 5) is 50.0. The zero-order valence-electron chi connectivity index (χ0n) is 21.8. The SMILES string of the molecule is COC(=O)[C@H](CC(C)C)NC(=O)[C@H](CO)NC(=O)[C@H](COCc1ccccc1)NC(=O)OC(C)(C)C. The van der Waals surface area contributed by atoms with Gasteiger partial charge in [0.15, 0.2) is 0 Å². The summed E-state index contributed by atoms with van der Waals surface area (Å²) in [6.07, 6.45) is -0.542. The maximum absolute atomic E-state index is 13.0. The first-order chi connectivity index (χ1) is 16.9. The summed E-state index contributed by atoms with van der Waals surface area (Å²) >= 11 is 0. The van der Waals surface area contributed by atoms with Crippen molar-refractivity contribution in [3.05, 3.63) is 35.9 Å². The van der Waals surface area contributed by atoms with E-state index < -0.39 is 54.2 Å². The molecular formula is C25H39N3O8. The lowest BCUT2D eigenvalue weighted by molar-refractivity contribution is -0.146. The van der Waals surface area contributed by atoms with Crippen molar-refractivity contribution in [1.29, 1.82) is 0 Å². The molecule has 0 aliphatic rings. The van der Waals surface area contributed by atoms with Gasteiger partial charge in [0.25, 0.3) is 0 Å². The maximum atomic E-state index is 13.0. The molecule has 4 N–H and O–H groups in total. The number of esters is 1. The van der Waals surface area contributed by atoms with Gasteiger partial charge in [-0.15, -0.1) is 0 Å². The third kappa shape index (κ3) is 12.0. The minimum Gasteiger partial charge on any atom is -0.467 e. The number of carbonyl (C=O) groups excluding carboxylic acids is 4. The number of aliphatic hydroxyl groups is 1. The first-order valence-corrected chi connectivity index (χ1v) is 11.8. The summed E-state index contributed by atoms with van der Waals surface area (Å²) in [7, 11) is 1.20. The molecule has 0 unspecified atom stereocenters. The zero-order chi connectivity index (χ0) is 27.3. The third-order valence-corrected chi connectivity index (χ3v) is 4.73. The quantitative estimate of drug-likeness (QED) is 0.290. The molecule has 0 aliphatic heterocycles. The second kappa shape index (κ2) is 15.0. The molecular weight excluding hydrogens is 470 g/mol. The van der Waals surface area contributed by atoms with Gasteiger partial charge in [0.05, 0.1) is 26.9 Å². The summed E-state index contributed by atoms with van der Waals surface area (Å²) < 4.78 is 15.6. The predicted molar refractivity (Wildman–Crippen MR) is 132 cm³/mol. The van der Waals surface area contributed by atoms with E-state index in [1.807, 2.05) is 44.2 Å². The molecule has 11 nitrogen and oxygen atoms in total. The Labute approximate surface area is 212 Å². The lowest BCUT2D eigenvalue weighted by Gasteiger charge is -2.25. The number of alkyl carbamates (subject to hydrolysis) is 1. The van der Waals surface area contributed by atoms with Crippen molar-refractivity contribution in [3.63, 3.8) is 0 Å². The summed E-state index contributed by atoms with van der Waals surface area (Å²) in [5.74, 6) is -2.12. The molecule has 0 spiro atoms. The van der Waals surface area contributed by atoms with Crippen LogP contribution in [0.25, 0.3) is 0 Å². The van der Waals surface area contributed by atoms with E-state index >= 15 is 0 Å². The molecule has 3 atom stereocenters. The van der Waals surface area contributed by atoms with Crippen LogP contribution in [0.4, 0.5) is 4.79 Å². The minimum absolute atomic E-state index is 0.0701. The number of aliphatic hydroxyl groups excluding tert-OH is 1. The minimum atomic E-state index is -1.38. The highest BCUT2D eigenvalue weighted by Crippen LogP contribution is 2.09. The first kappa shape index (κ1) is 30.9. The first-order valence-electron chi connectivity index (χ1n) is 11.8. The number of nitrogens with one attached hydrogen (secondary N) is 3. The number of hydrogen-bond acceptors (Lipinski definition) is 8. The Morgan fingerprint density at radius 1 is 0.917 bits per heavy atom. The Morgan fingerprint density at radius 2 is 1.50 bits per heavy atom. The van der Waals surface area contributed by atoms with E-state index in [-0.39, 0.29) is 19.1 Å². The Kier molecular flexibility index (Phi) is 12.9. The fraction of sp³-hybridized carbons (Fsp3) is 0.600. The highest BCUT2D eigenvalue weighted by molar-refractivity contribution is 5.93. The lowest BCUT2D eigenvalue weighted by atomic mass is 10.0. The second-order valence-electron chi connectivity index (χ2n) is 9.66. The molecule has 1 rings (SSSR count). The highest BCUT2D eigenvalue weighted by atomic mass is 16.6. The van der Waals surface area contributed by atoms with E-state index in [2.05, 4.69) is 16.0 Å². The molecule has 0 radical (unpaired) electrons. The van der Waals surface area contributed by atoms with Crippen molar-refractivity contribution in [3.8, 4) is 0 Å². The van der Waals surface area contributed by atoms with Crippen LogP contribution in [0.2, 0.25) is 0 Å². The molecule has 1 aromatic rings. The molecule has 0 saturated carbocycles. The highest BCUT2D eigenvalue weighted by Gasteiger charge is 2.31. The molecule has 36 heavy (non-hydrogen) atoms. The number of ether oxygens (including phenoxy) is 3. The number of amides is 3. The van der Waals surface area contributed by atoms with E-state index in [4.69, 9.17) is 14.2 Å². The average Bonchev–Trinajstić information content (AvgIpc) is 2.79. The fourth-order valence-electron chi connectivity index (χ4n) is 3.07. The molecule has 0 aliphatic carbocycles.